The molecule has 5 heteroatoms. The molecule has 1 saturated heterocycles. The van der Waals surface area contributed by atoms with E-state index in [0.717, 1.165) is 30.0 Å². The van der Waals surface area contributed by atoms with Gasteiger partial charge in [0.15, 0.2) is 0 Å². The lowest BCUT2D eigenvalue weighted by atomic mass is 10.0. The summed E-state index contributed by atoms with van der Waals surface area (Å²) in [6.07, 6.45) is 9.26. The van der Waals surface area contributed by atoms with Gasteiger partial charge in [-0.05, 0) is 25.5 Å². The second-order valence-electron chi connectivity index (χ2n) is 4.71. The molecule has 2 aromatic rings. The molecule has 0 amide bonds. The Kier molecular flexibility index (Phi) is 3.06. The van der Waals surface area contributed by atoms with Crippen molar-refractivity contribution in [2.24, 2.45) is 7.05 Å². The summed E-state index contributed by atoms with van der Waals surface area (Å²) >= 11 is 0. The van der Waals surface area contributed by atoms with Gasteiger partial charge < -0.3 is 5.32 Å². The molecule has 1 fully saturated rings. The zero-order chi connectivity index (χ0) is 12.4. The maximum Gasteiger partial charge on any atom is 0.145 e. The number of hydrogen-bond donors (Lipinski definition) is 1. The van der Waals surface area contributed by atoms with Crippen LogP contribution in [0, 0.1) is 0 Å². The van der Waals surface area contributed by atoms with Crippen LogP contribution in [0.4, 0.5) is 0 Å². The molecule has 94 valence electrons. The van der Waals surface area contributed by atoms with Gasteiger partial charge in [0.1, 0.15) is 5.82 Å². The van der Waals surface area contributed by atoms with Gasteiger partial charge in [-0.1, -0.05) is 6.42 Å². The third-order valence-corrected chi connectivity index (χ3v) is 3.30. The summed E-state index contributed by atoms with van der Waals surface area (Å²) < 4.78 is 1.79. The van der Waals surface area contributed by atoms with Crippen LogP contribution in [0.15, 0.2) is 24.7 Å². The van der Waals surface area contributed by atoms with Crippen LogP contribution in [0.25, 0.3) is 11.3 Å². The van der Waals surface area contributed by atoms with Crippen molar-refractivity contribution in [1.82, 2.24) is 25.1 Å². The Balaban J connectivity index is 1.88. The van der Waals surface area contributed by atoms with E-state index in [1.54, 1.807) is 4.68 Å². The number of nitrogens with zero attached hydrogens (tertiary/aromatic N) is 4. The van der Waals surface area contributed by atoms with E-state index in [1.807, 2.05) is 31.7 Å². The van der Waals surface area contributed by atoms with E-state index in [1.165, 1.54) is 12.8 Å². The highest BCUT2D eigenvalue weighted by Gasteiger charge is 2.17. The molecule has 5 nitrogen and oxygen atoms in total. The van der Waals surface area contributed by atoms with E-state index in [9.17, 15) is 0 Å². The van der Waals surface area contributed by atoms with Gasteiger partial charge in [-0.25, -0.2) is 9.97 Å². The predicted molar refractivity (Wildman–Crippen MR) is 68.8 cm³/mol. The van der Waals surface area contributed by atoms with Gasteiger partial charge in [0, 0.05) is 25.0 Å². The van der Waals surface area contributed by atoms with Crippen LogP contribution in [0.1, 0.15) is 31.1 Å². The van der Waals surface area contributed by atoms with E-state index in [-0.39, 0.29) is 0 Å². The molecule has 3 rings (SSSR count). The molecule has 3 heterocycles. The van der Waals surface area contributed by atoms with E-state index in [2.05, 4.69) is 20.4 Å². The molecule has 1 aliphatic heterocycles. The third-order valence-electron chi connectivity index (χ3n) is 3.30. The Labute approximate surface area is 106 Å². The molecule has 1 N–H and O–H groups in total. The average Bonchev–Trinajstić information content (AvgIpc) is 2.87. The Morgan fingerprint density at radius 1 is 1.39 bits per heavy atom. The highest BCUT2D eigenvalue weighted by atomic mass is 15.2. The SMILES string of the molecule is Cn1cc(-c2ccnc(C3CCCCN3)n2)cn1. The number of piperidine rings is 1. The lowest BCUT2D eigenvalue weighted by Gasteiger charge is -2.22. The zero-order valence-electron chi connectivity index (χ0n) is 10.5. The molecule has 0 saturated carbocycles. The molecular formula is C13H17N5. The van der Waals surface area contributed by atoms with Crippen LogP contribution < -0.4 is 5.32 Å². The summed E-state index contributed by atoms with van der Waals surface area (Å²) in [6.45, 7) is 1.06. The molecule has 0 aromatic carbocycles. The van der Waals surface area contributed by atoms with Crippen molar-refractivity contribution in [3.63, 3.8) is 0 Å². The molecule has 18 heavy (non-hydrogen) atoms. The van der Waals surface area contributed by atoms with Crippen LogP contribution >= 0.6 is 0 Å². The van der Waals surface area contributed by atoms with E-state index in [0.29, 0.717) is 6.04 Å². The molecular weight excluding hydrogens is 226 g/mol. The molecule has 0 aliphatic carbocycles. The number of aromatic nitrogens is 4. The van der Waals surface area contributed by atoms with Crippen molar-refractivity contribution >= 4 is 0 Å². The van der Waals surface area contributed by atoms with Gasteiger partial charge in [-0.15, -0.1) is 0 Å². The maximum atomic E-state index is 4.65. The van der Waals surface area contributed by atoms with Gasteiger partial charge in [0.2, 0.25) is 0 Å². The molecule has 0 radical (unpaired) electrons. The van der Waals surface area contributed by atoms with E-state index < -0.39 is 0 Å². The second kappa shape index (κ2) is 4.86. The summed E-state index contributed by atoms with van der Waals surface area (Å²) in [4.78, 5) is 9.05. The van der Waals surface area contributed by atoms with Gasteiger partial charge in [-0.3, -0.25) is 4.68 Å². The van der Waals surface area contributed by atoms with Crippen molar-refractivity contribution in [2.75, 3.05) is 6.54 Å². The maximum absolute atomic E-state index is 4.65. The van der Waals surface area contributed by atoms with Crippen LogP contribution in [0.3, 0.4) is 0 Å². The summed E-state index contributed by atoms with van der Waals surface area (Å²) in [5, 5.41) is 7.65. The van der Waals surface area contributed by atoms with Crippen molar-refractivity contribution in [3.8, 4) is 11.3 Å². The van der Waals surface area contributed by atoms with Gasteiger partial charge in [0.25, 0.3) is 0 Å². The summed E-state index contributed by atoms with van der Waals surface area (Å²) in [5.74, 6) is 0.899. The van der Waals surface area contributed by atoms with Crippen molar-refractivity contribution < 1.29 is 0 Å². The topological polar surface area (TPSA) is 55.6 Å². The molecule has 1 unspecified atom stereocenters. The normalized spacial score (nSPS) is 19.9. The quantitative estimate of drug-likeness (QED) is 0.872. The van der Waals surface area contributed by atoms with Crippen LogP contribution in [-0.2, 0) is 7.05 Å². The average molecular weight is 243 g/mol. The van der Waals surface area contributed by atoms with Crippen molar-refractivity contribution in [1.29, 1.82) is 0 Å². The third kappa shape index (κ3) is 2.26. The largest absolute Gasteiger partial charge is 0.307 e. The summed E-state index contributed by atoms with van der Waals surface area (Å²) in [5.41, 5.74) is 1.98. The zero-order valence-corrected chi connectivity index (χ0v) is 10.5. The minimum absolute atomic E-state index is 0.301. The molecule has 1 atom stereocenters. The summed E-state index contributed by atoms with van der Waals surface area (Å²) in [6, 6.07) is 2.24. The van der Waals surface area contributed by atoms with Crippen LogP contribution in [0.5, 0.6) is 0 Å². The highest BCUT2D eigenvalue weighted by Crippen LogP contribution is 2.22. The number of rotatable bonds is 2. The number of hydrogen-bond acceptors (Lipinski definition) is 4. The molecule has 0 spiro atoms. The molecule has 2 aromatic heterocycles. The standard InChI is InChI=1S/C13H17N5/c1-18-9-10(8-16-18)11-5-7-15-13(17-11)12-4-2-3-6-14-12/h5,7-9,12,14H,2-4,6H2,1H3. The molecule has 0 bridgehead atoms. The van der Waals surface area contributed by atoms with Gasteiger partial charge >= 0.3 is 0 Å². The Morgan fingerprint density at radius 2 is 2.33 bits per heavy atom. The smallest absolute Gasteiger partial charge is 0.145 e. The van der Waals surface area contributed by atoms with Crippen LogP contribution in [-0.4, -0.2) is 26.3 Å². The van der Waals surface area contributed by atoms with Gasteiger partial charge in [-0.2, -0.15) is 5.10 Å². The fourth-order valence-corrected chi connectivity index (χ4v) is 2.33. The lowest BCUT2D eigenvalue weighted by Crippen LogP contribution is -2.28. The number of aryl methyl sites for hydroxylation is 1. The Morgan fingerprint density at radius 3 is 3.06 bits per heavy atom. The first-order valence-corrected chi connectivity index (χ1v) is 6.38. The van der Waals surface area contributed by atoms with Gasteiger partial charge in [0.05, 0.1) is 17.9 Å². The first-order chi connectivity index (χ1) is 8.83. The van der Waals surface area contributed by atoms with Crippen molar-refractivity contribution in [3.05, 3.63) is 30.5 Å². The van der Waals surface area contributed by atoms with E-state index in [4.69, 9.17) is 0 Å². The lowest BCUT2D eigenvalue weighted by molar-refractivity contribution is 0.397. The minimum Gasteiger partial charge on any atom is -0.307 e. The first kappa shape index (κ1) is 11.3. The fraction of sp³-hybridized carbons (Fsp3) is 0.462. The van der Waals surface area contributed by atoms with Crippen LogP contribution in [0.2, 0.25) is 0 Å². The Hall–Kier alpha value is -1.75. The highest BCUT2D eigenvalue weighted by molar-refractivity contribution is 5.56. The second-order valence-corrected chi connectivity index (χ2v) is 4.71. The fourth-order valence-electron chi connectivity index (χ4n) is 2.33. The predicted octanol–water partition coefficient (Wildman–Crippen LogP) is 1.69. The van der Waals surface area contributed by atoms with E-state index >= 15 is 0 Å². The molecule has 1 aliphatic rings. The number of nitrogens with one attached hydrogen (secondary N) is 1. The minimum atomic E-state index is 0.301. The summed E-state index contributed by atoms with van der Waals surface area (Å²) in [7, 11) is 1.91. The monoisotopic (exact) mass is 243 g/mol. The Bertz CT molecular complexity index is 528. The van der Waals surface area contributed by atoms with Crippen molar-refractivity contribution in [2.45, 2.75) is 25.3 Å². The first-order valence-electron chi connectivity index (χ1n) is 6.38.